The van der Waals surface area contributed by atoms with E-state index in [2.05, 4.69) is 49.4 Å². The first-order valence-corrected chi connectivity index (χ1v) is 21.9. The zero-order chi connectivity index (χ0) is 42.6. The number of fused-ring (bicyclic) bond motifs is 1. The van der Waals surface area contributed by atoms with E-state index in [0.29, 0.717) is 36.6 Å². The number of amides is 5. The molecule has 4 aliphatic heterocycles. The molecule has 2 N–H and O–H groups in total. The molecule has 1 unspecified atom stereocenters. The Morgan fingerprint density at radius 2 is 1.69 bits per heavy atom. The summed E-state index contributed by atoms with van der Waals surface area (Å²) in [7, 11) is 0. The lowest BCUT2D eigenvalue weighted by Crippen LogP contribution is -2.52. The Balaban J connectivity index is 0.737. The molecule has 1 atom stereocenters. The van der Waals surface area contributed by atoms with Crippen LogP contribution in [0.5, 0.6) is 0 Å². The zero-order valence-electron chi connectivity index (χ0n) is 34.9. The van der Waals surface area contributed by atoms with E-state index in [9.17, 15) is 28.4 Å². The molecule has 5 amide bonds. The molecular formula is C48H56FN7O5. The summed E-state index contributed by atoms with van der Waals surface area (Å²) in [5, 5.41) is 5.26. The molecule has 61 heavy (non-hydrogen) atoms. The van der Waals surface area contributed by atoms with E-state index in [4.69, 9.17) is 0 Å². The van der Waals surface area contributed by atoms with Crippen LogP contribution in [0.15, 0.2) is 66.9 Å². The highest BCUT2D eigenvalue weighted by Gasteiger charge is 2.39. The van der Waals surface area contributed by atoms with Gasteiger partial charge in [0.25, 0.3) is 11.8 Å². The van der Waals surface area contributed by atoms with Crippen LogP contribution < -0.4 is 15.5 Å². The van der Waals surface area contributed by atoms with Gasteiger partial charge in [-0.15, -0.1) is 0 Å². The number of aromatic nitrogens is 1. The molecule has 13 heteroatoms. The Labute approximate surface area is 357 Å². The summed E-state index contributed by atoms with van der Waals surface area (Å²) in [4.78, 5) is 74.6. The fourth-order valence-corrected chi connectivity index (χ4v) is 8.72. The number of nitrogens with zero attached hydrogens (tertiary/aromatic N) is 5. The van der Waals surface area contributed by atoms with E-state index in [1.807, 2.05) is 29.2 Å². The number of carbonyl (C=O) groups is 5. The van der Waals surface area contributed by atoms with Gasteiger partial charge in [-0.2, -0.15) is 4.39 Å². The van der Waals surface area contributed by atoms with Gasteiger partial charge in [0, 0.05) is 99.9 Å². The van der Waals surface area contributed by atoms with Gasteiger partial charge in [-0.05, 0) is 117 Å². The molecule has 3 aromatic rings. The number of halogens is 1. The smallest absolute Gasteiger partial charge is 0.255 e. The molecule has 0 spiro atoms. The fourth-order valence-electron chi connectivity index (χ4n) is 8.72. The average Bonchev–Trinajstić information content (AvgIpc) is 3.62. The number of piperidine rings is 2. The van der Waals surface area contributed by atoms with Gasteiger partial charge in [-0.1, -0.05) is 37.2 Å². The predicted molar refractivity (Wildman–Crippen MR) is 232 cm³/mol. The highest BCUT2D eigenvalue weighted by molar-refractivity contribution is 6.05. The van der Waals surface area contributed by atoms with Crippen LogP contribution in [0, 0.1) is 23.7 Å². The third-order valence-corrected chi connectivity index (χ3v) is 12.4. The number of hydrogen-bond donors (Lipinski definition) is 2. The lowest BCUT2D eigenvalue weighted by molar-refractivity contribution is -0.137. The van der Waals surface area contributed by atoms with Crippen molar-refractivity contribution in [2.24, 2.45) is 5.92 Å². The lowest BCUT2D eigenvalue weighted by atomic mass is 9.91. The van der Waals surface area contributed by atoms with Gasteiger partial charge in [0.2, 0.25) is 23.7 Å². The van der Waals surface area contributed by atoms with Crippen molar-refractivity contribution in [2.45, 2.75) is 83.2 Å². The van der Waals surface area contributed by atoms with Gasteiger partial charge in [-0.25, -0.2) is 4.98 Å². The van der Waals surface area contributed by atoms with Gasteiger partial charge in [0.1, 0.15) is 6.04 Å². The molecule has 320 valence electrons. The van der Waals surface area contributed by atoms with Crippen LogP contribution in [0.1, 0.15) is 108 Å². The van der Waals surface area contributed by atoms with Crippen LogP contribution in [0.3, 0.4) is 0 Å². The summed E-state index contributed by atoms with van der Waals surface area (Å²) in [5.41, 5.74) is 4.85. The maximum absolute atomic E-state index is 13.3. The van der Waals surface area contributed by atoms with Crippen molar-refractivity contribution in [1.29, 1.82) is 0 Å². The number of rotatable bonds is 15. The van der Waals surface area contributed by atoms with Crippen molar-refractivity contribution in [2.75, 3.05) is 57.3 Å². The molecule has 4 aliphatic rings. The molecule has 7 rings (SSSR count). The SMILES string of the molecule is O=C(/C=C/c1ccc(F)nc1)NCCCCC1CCN(C(=O)c2ccc(N3CCN(CCCCCC#Cc4cccc5c4CN(C4CCC(=O)NC4=O)C5=O)CC3)cc2)CC1. The maximum Gasteiger partial charge on any atom is 0.255 e. The molecule has 0 radical (unpaired) electrons. The van der Waals surface area contributed by atoms with Gasteiger partial charge in [0.05, 0.1) is 0 Å². The number of likely N-dealkylation sites (tertiary alicyclic amines) is 1. The molecule has 0 bridgehead atoms. The molecule has 0 aliphatic carbocycles. The number of carbonyl (C=O) groups excluding carboxylic acids is 5. The zero-order valence-corrected chi connectivity index (χ0v) is 34.9. The normalized spacial score (nSPS) is 18.5. The minimum Gasteiger partial charge on any atom is -0.369 e. The number of imide groups is 1. The Morgan fingerprint density at radius 1 is 0.885 bits per heavy atom. The number of nitrogens with one attached hydrogen (secondary N) is 2. The van der Waals surface area contributed by atoms with Crippen molar-refractivity contribution < 1.29 is 28.4 Å². The van der Waals surface area contributed by atoms with E-state index in [1.54, 1.807) is 23.1 Å². The number of unbranched alkanes of at least 4 members (excludes halogenated alkanes) is 4. The van der Waals surface area contributed by atoms with Crippen LogP contribution in [0.2, 0.25) is 0 Å². The Kier molecular flexibility index (Phi) is 14.9. The van der Waals surface area contributed by atoms with Crippen LogP contribution in [-0.2, 0) is 20.9 Å². The van der Waals surface area contributed by atoms with Crippen LogP contribution >= 0.6 is 0 Å². The minimum absolute atomic E-state index is 0.103. The Bertz CT molecular complexity index is 2130. The monoisotopic (exact) mass is 829 g/mol. The summed E-state index contributed by atoms with van der Waals surface area (Å²) in [6, 6.07) is 15.9. The van der Waals surface area contributed by atoms with Crippen molar-refractivity contribution in [3.8, 4) is 11.8 Å². The molecule has 1 aromatic heterocycles. The van der Waals surface area contributed by atoms with Crippen LogP contribution in [0.25, 0.3) is 6.08 Å². The lowest BCUT2D eigenvalue weighted by Gasteiger charge is -2.36. The molecule has 12 nitrogen and oxygen atoms in total. The molecule has 3 saturated heterocycles. The molecule has 2 aromatic carbocycles. The van der Waals surface area contributed by atoms with Gasteiger partial charge in [-0.3, -0.25) is 34.2 Å². The number of hydrogen-bond acceptors (Lipinski definition) is 8. The Hall–Kier alpha value is -5.87. The summed E-state index contributed by atoms with van der Waals surface area (Å²) < 4.78 is 12.9. The standard InChI is InChI=1S/C48H56FN7O5/c49-43-20-13-36(33-51-43)14-21-44(57)50-25-6-5-9-35-23-27-55(28-24-35)47(60)38-15-17-39(18-16-38)54-31-29-53(30-32-54)26-7-3-1-2-4-10-37-11-8-12-40-41(37)34-56(48(40)61)42-19-22-45(58)52-46(42)59/h8,11-18,20-21,33,35,42H,1-3,5-7,9,19,22-32,34H2,(H,50,57)(H,52,58,59)/b21-14+. The third kappa shape index (κ3) is 11.7. The van der Waals surface area contributed by atoms with Crippen molar-refractivity contribution >= 4 is 41.3 Å². The van der Waals surface area contributed by atoms with Gasteiger partial charge < -0.3 is 20.0 Å². The van der Waals surface area contributed by atoms with E-state index in [-0.39, 0.29) is 30.0 Å². The van der Waals surface area contributed by atoms with Gasteiger partial charge in [0.15, 0.2) is 0 Å². The molecule has 5 heterocycles. The first-order valence-electron chi connectivity index (χ1n) is 21.9. The Morgan fingerprint density at radius 3 is 2.44 bits per heavy atom. The van der Waals surface area contributed by atoms with Crippen molar-refractivity contribution in [3.63, 3.8) is 0 Å². The quantitative estimate of drug-likeness (QED) is 0.0669. The maximum atomic E-state index is 13.3. The largest absolute Gasteiger partial charge is 0.369 e. The average molecular weight is 830 g/mol. The second-order valence-corrected chi connectivity index (χ2v) is 16.5. The van der Waals surface area contributed by atoms with E-state index >= 15 is 0 Å². The number of piperazine rings is 1. The van der Waals surface area contributed by atoms with Gasteiger partial charge >= 0.3 is 0 Å². The molecule has 3 fully saturated rings. The number of anilines is 1. The van der Waals surface area contributed by atoms with Crippen molar-refractivity contribution in [3.05, 3.63) is 101 Å². The van der Waals surface area contributed by atoms with Crippen LogP contribution in [0.4, 0.5) is 10.1 Å². The van der Waals surface area contributed by atoms with E-state index < -0.39 is 17.9 Å². The third-order valence-electron chi connectivity index (χ3n) is 12.4. The minimum atomic E-state index is -0.629. The number of benzene rings is 2. The summed E-state index contributed by atoms with van der Waals surface area (Å²) in [6.07, 6.45) is 14.0. The summed E-state index contributed by atoms with van der Waals surface area (Å²) >= 11 is 0. The fraction of sp³-hybridized carbons (Fsp3) is 0.458. The van der Waals surface area contributed by atoms with E-state index in [1.165, 1.54) is 18.3 Å². The second kappa shape index (κ2) is 21.1. The summed E-state index contributed by atoms with van der Waals surface area (Å²) in [5.74, 6) is 5.67. The summed E-state index contributed by atoms with van der Waals surface area (Å²) in [6.45, 7) is 7.46. The predicted octanol–water partition coefficient (Wildman–Crippen LogP) is 5.57. The molecular weight excluding hydrogens is 774 g/mol. The van der Waals surface area contributed by atoms with Crippen molar-refractivity contribution in [1.82, 2.24) is 30.3 Å². The van der Waals surface area contributed by atoms with E-state index in [0.717, 1.165) is 126 Å². The molecule has 0 saturated carbocycles. The highest BCUT2D eigenvalue weighted by atomic mass is 19.1. The first kappa shape index (κ1) is 43.2. The number of pyridine rings is 1. The van der Waals surface area contributed by atoms with Crippen LogP contribution in [-0.4, -0.2) is 108 Å². The highest BCUT2D eigenvalue weighted by Crippen LogP contribution is 2.30. The second-order valence-electron chi connectivity index (χ2n) is 16.5. The topological polar surface area (TPSA) is 135 Å². The first-order chi connectivity index (χ1) is 29.7.